The number of benzene rings is 1. The largest absolute Gasteiger partial charge is 0.399 e. The lowest BCUT2D eigenvalue weighted by Crippen LogP contribution is -2.34. The molecule has 0 spiro atoms. The van der Waals surface area contributed by atoms with E-state index in [0.717, 1.165) is 0 Å². The van der Waals surface area contributed by atoms with E-state index in [1.165, 1.54) is 4.90 Å². The van der Waals surface area contributed by atoms with Crippen LogP contribution in [-0.2, 0) is 4.79 Å². The summed E-state index contributed by atoms with van der Waals surface area (Å²) in [6, 6.07) is 6.60. The van der Waals surface area contributed by atoms with E-state index in [0.29, 0.717) is 17.9 Å². The zero-order valence-electron chi connectivity index (χ0n) is 10.6. The predicted octanol–water partition coefficient (Wildman–Crippen LogP) is 0.869. The normalized spacial score (nSPS) is 9.67. The summed E-state index contributed by atoms with van der Waals surface area (Å²) >= 11 is 0. The van der Waals surface area contributed by atoms with E-state index in [1.807, 2.05) is 0 Å². The highest BCUT2D eigenvalue weighted by atomic mass is 16.2. The first-order valence-electron chi connectivity index (χ1n) is 5.61. The molecule has 0 atom stereocenters. The number of amides is 3. The van der Waals surface area contributed by atoms with Gasteiger partial charge in [0.25, 0.3) is 0 Å². The Morgan fingerprint density at radius 2 is 1.89 bits per heavy atom. The summed E-state index contributed by atoms with van der Waals surface area (Å²) < 4.78 is 0. The standard InChI is InChI=1S/C12H18N4O2/c1-14-11(17)7-8-16(2)12(18)15-10-5-3-9(13)4-6-10/h3-6H,7-8,13H2,1-2H3,(H,14,17)(H,15,18). The summed E-state index contributed by atoms with van der Waals surface area (Å²) in [5.74, 6) is -0.0952. The fraction of sp³-hybridized carbons (Fsp3) is 0.333. The van der Waals surface area contributed by atoms with Gasteiger partial charge < -0.3 is 21.3 Å². The third kappa shape index (κ3) is 4.32. The molecule has 4 N–H and O–H groups in total. The van der Waals surface area contributed by atoms with Crippen LogP contribution in [0.3, 0.4) is 0 Å². The van der Waals surface area contributed by atoms with Crippen LogP contribution in [-0.4, -0.2) is 37.5 Å². The highest BCUT2D eigenvalue weighted by molar-refractivity contribution is 5.89. The number of hydrogen-bond acceptors (Lipinski definition) is 3. The van der Waals surface area contributed by atoms with Crippen molar-refractivity contribution in [2.45, 2.75) is 6.42 Å². The monoisotopic (exact) mass is 250 g/mol. The Morgan fingerprint density at radius 3 is 2.44 bits per heavy atom. The average molecular weight is 250 g/mol. The number of nitrogens with two attached hydrogens (primary N) is 1. The van der Waals surface area contributed by atoms with Gasteiger partial charge in [-0.05, 0) is 24.3 Å². The lowest BCUT2D eigenvalue weighted by Gasteiger charge is -2.17. The van der Waals surface area contributed by atoms with E-state index in [1.54, 1.807) is 38.4 Å². The molecule has 0 aliphatic heterocycles. The molecule has 0 saturated carbocycles. The second kappa shape index (κ2) is 6.48. The van der Waals surface area contributed by atoms with E-state index in [9.17, 15) is 9.59 Å². The molecular weight excluding hydrogens is 232 g/mol. The molecule has 0 bridgehead atoms. The number of urea groups is 1. The zero-order valence-corrected chi connectivity index (χ0v) is 10.6. The van der Waals surface area contributed by atoms with Crippen LogP contribution in [0.1, 0.15) is 6.42 Å². The Hall–Kier alpha value is -2.24. The predicted molar refractivity (Wildman–Crippen MR) is 71.2 cm³/mol. The molecule has 0 fully saturated rings. The molecule has 1 rings (SSSR count). The minimum atomic E-state index is -0.260. The fourth-order valence-electron chi connectivity index (χ4n) is 1.28. The first kappa shape index (κ1) is 13.8. The smallest absolute Gasteiger partial charge is 0.321 e. The molecule has 0 aliphatic rings. The van der Waals surface area contributed by atoms with Crippen molar-refractivity contribution in [2.24, 2.45) is 0 Å². The Labute approximate surface area is 106 Å². The third-order valence-electron chi connectivity index (χ3n) is 2.46. The van der Waals surface area contributed by atoms with Gasteiger partial charge >= 0.3 is 6.03 Å². The second-order valence-corrected chi connectivity index (χ2v) is 3.90. The van der Waals surface area contributed by atoms with Crippen LogP contribution in [0, 0.1) is 0 Å². The van der Waals surface area contributed by atoms with Gasteiger partial charge in [-0.15, -0.1) is 0 Å². The van der Waals surface area contributed by atoms with E-state index in [-0.39, 0.29) is 18.4 Å². The fourth-order valence-corrected chi connectivity index (χ4v) is 1.28. The molecule has 1 aromatic carbocycles. The molecule has 0 aromatic heterocycles. The highest BCUT2D eigenvalue weighted by Crippen LogP contribution is 2.10. The van der Waals surface area contributed by atoms with E-state index in [4.69, 9.17) is 5.73 Å². The van der Waals surface area contributed by atoms with E-state index >= 15 is 0 Å². The number of nitrogen functional groups attached to an aromatic ring is 1. The van der Waals surface area contributed by atoms with Gasteiger partial charge in [0.2, 0.25) is 5.91 Å². The Morgan fingerprint density at radius 1 is 1.28 bits per heavy atom. The van der Waals surface area contributed by atoms with Crippen molar-refractivity contribution < 1.29 is 9.59 Å². The maximum Gasteiger partial charge on any atom is 0.321 e. The Bertz CT molecular complexity index is 417. The topological polar surface area (TPSA) is 87.5 Å². The molecular formula is C12H18N4O2. The van der Waals surface area contributed by atoms with Crippen LogP contribution in [0.4, 0.5) is 16.2 Å². The van der Waals surface area contributed by atoms with E-state index in [2.05, 4.69) is 10.6 Å². The first-order chi connectivity index (χ1) is 8.52. The second-order valence-electron chi connectivity index (χ2n) is 3.90. The van der Waals surface area contributed by atoms with Crippen LogP contribution in [0.5, 0.6) is 0 Å². The maximum absolute atomic E-state index is 11.8. The lowest BCUT2D eigenvalue weighted by molar-refractivity contribution is -0.120. The molecule has 0 unspecified atom stereocenters. The summed E-state index contributed by atoms with van der Waals surface area (Å²) in [5, 5.41) is 5.21. The summed E-state index contributed by atoms with van der Waals surface area (Å²) in [6.45, 7) is 0.362. The van der Waals surface area contributed by atoms with Crippen molar-refractivity contribution in [1.82, 2.24) is 10.2 Å². The van der Waals surface area contributed by atoms with Gasteiger partial charge in [0.15, 0.2) is 0 Å². The van der Waals surface area contributed by atoms with Crippen LogP contribution >= 0.6 is 0 Å². The minimum Gasteiger partial charge on any atom is -0.399 e. The number of carbonyl (C=O) groups excluding carboxylic acids is 2. The number of nitrogens with one attached hydrogen (secondary N) is 2. The number of hydrogen-bond donors (Lipinski definition) is 3. The van der Waals surface area contributed by atoms with Crippen molar-refractivity contribution in [3.8, 4) is 0 Å². The van der Waals surface area contributed by atoms with Crippen molar-refractivity contribution >= 4 is 23.3 Å². The van der Waals surface area contributed by atoms with Gasteiger partial charge in [-0.2, -0.15) is 0 Å². The van der Waals surface area contributed by atoms with Crippen LogP contribution in [0.15, 0.2) is 24.3 Å². The maximum atomic E-state index is 11.8. The van der Waals surface area contributed by atoms with Gasteiger partial charge in [-0.3, -0.25) is 4.79 Å². The van der Waals surface area contributed by atoms with Crippen LogP contribution in [0.2, 0.25) is 0 Å². The number of nitrogens with zero attached hydrogens (tertiary/aromatic N) is 1. The molecule has 1 aromatic rings. The number of carbonyl (C=O) groups is 2. The summed E-state index contributed by atoms with van der Waals surface area (Å²) in [7, 11) is 3.20. The lowest BCUT2D eigenvalue weighted by atomic mass is 10.3. The quantitative estimate of drug-likeness (QED) is 0.693. The van der Waals surface area contributed by atoms with Crippen molar-refractivity contribution in [2.75, 3.05) is 31.7 Å². The van der Waals surface area contributed by atoms with Gasteiger partial charge in [-0.1, -0.05) is 0 Å². The third-order valence-corrected chi connectivity index (χ3v) is 2.46. The molecule has 18 heavy (non-hydrogen) atoms. The molecule has 0 radical (unpaired) electrons. The Balaban J connectivity index is 2.44. The van der Waals surface area contributed by atoms with Gasteiger partial charge in [0.05, 0.1) is 0 Å². The molecule has 3 amide bonds. The van der Waals surface area contributed by atoms with Crippen LogP contribution in [0.25, 0.3) is 0 Å². The molecule has 0 heterocycles. The summed E-state index contributed by atoms with van der Waals surface area (Å²) in [5.41, 5.74) is 6.85. The van der Waals surface area contributed by atoms with Crippen molar-refractivity contribution in [1.29, 1.82) is 0 Å². The minimum absolute atomic E-state index is 0.0952. The molecule has 6 nitrogen and oxygen atoms in total. The molecule has 98 valence electrons. The van der Waals surface area contributed by atoms with E-state index < -0.39 is 0 Å². The number of anilines is 2. The SMILES string of the molecule is CNC(=O)CCN(C)C(=O)Nc1ccc(N)cc1. The Kier molecular flexibility index (Phi) is 4.98. The molecule has 0 saturated heterocycles. The van der Waals surface area contributed by atoms with Crippen molar-refractivity contribution in [3.63, 3.8) is 0 Å². The number of rotatable bonds is 4. The van der Waals surface area contributed by atoms with Crippen molar-refractivity contribution in [3.05, 3.63) is 24.3 Å². The highest BCUT2D eigenvalue weighted by Gasteiger charge is 2.09. The van der Waals surface area contributed by atoms with Gasteiger partial charge in [0.1, 0.15) is 0 Å². The first-order valence-corrected chi connectivity index (χ1v) is 5.61. The molecule has 6 heteroatoms. The summed E-state index contributed by atoms with van der Waals surface area (Å²) in [4.78, 5) is 24.3. The molecule has 0 aliphatic carbocycles. The zero-order chi connectivity index (χ0) is 13.5. The summed E-state index contributed by atoms with van der Waals surface area (Å²) in [6.07, 6.45) is 0.280. The van der Waals surface area contributed by atoms with Gasteiger partial charge in [0, 0.05) is 38.4 Å². The van der Waals surface area contributed by atoms with Gasteiger partial charge in [-0.25, -0.2) is 4.79 Å². The van der Waals surface area contributed by atoms with Crippen LogP contribution < -0.4 is 16.4 Å². The average Bonchev–Trinajstić information content (AvgIpc) is 2.38.